The Labute approximate surface area is 102 Å². The Morgan fingerprint density at radius 2 is 2.18 bits per heavy atom. The van der Waals surface area contributed by atoms with Gasteiger partial charge in [0, 0.05) is 11.1 Å². The Balaban J connectivity index is 2.17. The summed E-state index contributed by atoms with van der Waals surface area (Å²) < 4.78 is 0. The fraction of sp³-hybridized carbons (Fsp3) is 0.182. The van der Waals surface area contributed by atoms with Crippen LogP contribution in [0.25, 0.3) is 0 Å². The summed E-state index contributed by atoms with van der Waals surface area (Å²) in [6.07, 6.45) is 2.66. The van der Waals surface area contributed by atoms with Gasteiger partial charge in [0.15, 0.2) is 5.13 Å². The van der Waals surface area contributed by atoms with Gasteiger partial charge in [-0.3, -0.25) is 15.1 Å². The molecule has 0 saturated carbocycles. The minimum Gasteiger partial charge on any atom is -0.506 e. The average Bonchev–Trinajstić information content (AvgIpc) is 2.58. The van der Waals surface area contributed by atoms with Crippen LogP contribution in [0.2, 0.25) is 0 Å². The number of carbonyl (C=O) groups is 1. The number of hydrogen-bond acceptors (Lipinski definition) is 5. The second-order valence-electron chi connectivity index (χ2n) is 3.55. The monoisotopic (exact) mass is 249 g/mol. The van der Waals surface area contributed by atoms with Crippen molar-refractivity contribution in [3.63, 3.8) is 0 Å². The quantitative estimate of drug-likeness (QED) is 0.854. The van der Waals surface area contributed by atoms with Crippen molar-refractivity contribution in [2.45, 2.75) is 13.8 Å². The fourth-order valence-electron chi connectivity index (χ4n) is 1.25. The highest BCUT2D eigenvalue weighted by Crippen LogP contribution is 2.21. The minimum absolute atomic E-state index is 0.0378. The molecule has 0 spiro atoms. The largest absolute Gasteiger partial charge is 0.506 e. The highest BCUT2D eigenvalue weighted by Gasteiger charge is 2.10. The number of aromatic nitrogens is 2. The first kappa shape index (κ1) is 11.5. The number of nitrogens with one attached hydrogen (secondary N) is 1. The summed E-state index contributed by atoms with van der Waals surface area (Å²) in [6.45, 7) is 3.83. The Morgan fingerprint density at radius 1 is 1.41 bits per heavy atom. The first-order valence-electron chi connectivity index (χ1n) is 4.95. The van der Waals surface area contributed by atoms with E-state index < -0.39 is 0 Å². The predicted molar refractivity (Wildman–Crippen MR) is 65.4 cm³/mol. The maximum atomic E-state index is 11.8. The van der Waals surface area contributed by atoms with Gasteiger partial charge in [-0.25, -0.2) is 4.98 Å². The van der Waals surface area contributed by atoms with Gasteiger partial charge in [-0.05, 0) is 19.9 Å². The molecule has 6 heteroatoms. The van der Waals surface area contributed by atoms with E-state index in [4.69, 9.17) is 0 Å². The SMILES string of the molecule is Cc1nc(NC(=O)c2cncc(O)c2)sc1C. The van der Waals surface area contributed by atoms with Crippen LogP contribution in [-0.2, 0) is 0 Å². The molecular weight excluding hydrogens is 238 g/mol. The van der Waals surface area contributed by atoms with Gasteiger partial charge in [0.1, 0.15) is 5.75 Å². The second kappa shape index (κ2) is 4.50. The van der Waals surface area contributed by atoms with E-state index in [1.807, 2.05) is 13.8 Å². The molecule has 0 bridgehead atoms. The third kappa shape index (κ3) is 2.59. The molecule has 1 amide bonds. The topological polar surface area (TPSA) is 75.1 Å². The number of hydrogen-bond donors (Lipinski definition) is 2. The van der Waals surface area contributed by atoms with Gasteiger partial charge in [0.25, 0.3) is 5.91 Å². The Hall–Kier alpha value is -1.95. The molecule has 0 aliphatic rings. The first-order chi connectivity index (χ1) is 8.06. The van der Waals surface area contributed by atoms with Crippen LogP contribution in [0, 0.1) is 13.8 Å². The van der Waals surface area contributed by atoms with E-state index in [0.29, 0.717) is 10.7 Å². The van der Waals surface area contributed by atoms with Crippen molar-refractivity contribution in [2.24, 2.45) is 0 Å². The Bertz CT molecular complexity index is 546. The second-order valence-corrected chi connectivity index (χ2v) is 4.75. The smallest absolute Gasteiger partial charge is 0.259 e. The molecular formula is C11H11N3O2S. The summed E-state index contributed by atoms with van der Waals surface area (Å²) in [7, 11) is 0. The van der Waals surface area contributed by atoms with Crippen molar-refractivity contribution < 1.29 is 9.90 Å². The maximum Gasteiger partial charge on any atom is 0.259 e. The molecule has 5 nitrogen and oxygen atoms in total. The zero-order valence-corrected chi connectivity index (χ0v) is 10.2. The number of carbonyl (C=O) groups excluding carboxylic acids is 1. The van der Waals surface area contributed by atoms with Gasteiger partial charge in [0.05, 0.1) is 17.5 Å². The molecule has 0 unspecified atom stereocenters. The maximum absolute atomic E-state index is 11.8. The highest BCUT2D eigenvalue weighted by molar-refractivity contribution is 7.15. The van der Waals surface area contributed by atoms with Gasteiger partial charge >= 0.3 is 0 Å². The molecule has 0 saturated heterocycles. The normalized spacial score (nSPS) is 10.2. The third-order valence-electron chi connectivity index (χ3n) is 2.23. The molecule has 2 heterocycles. The van der Waals surface area contributed by atoms with Crippen molar-refractivity contribution in [1.82, 2.24) is 9.97 Å². The number of anilines is 1. The molecule has 17 heavy (non-hydrogen) atoms. The molecule has 0 aromatic carbocycles. The molecule has 2 aromatic rings. The molecule has 0 aliphatic carbocycles. The molecule has 2 rings (SSSR count). The zero-order chi connectivity index (χ0) is 12.4. The summed E-state index contributed by atoms with van der Waals surface area (Å²) in [6, 6.07) is 1.36. The van der Waals surface area contributed by atoms with E-state index in [2.05, 4.69) is 15.3 Å². The number of nitrogens with zero attached hydrogens (tertiary/aromatic N) is 2. The Kier molecular flexibility index (Phi) is 3.06. The third-order valence-corrected chi connectivity index (χ3v) is 3.22. The van der Waals surface area contributed by atoms with Crippen LogP contribution >= 0.6 is 11.3 Å². The van der Waals surface area contributed by atoms with E-state index in [1.165, 1.54) is 29.8 Å². The molecule has 2 aromatic heterocycles. The van der Waals surface area contributed by atoms with Crippen LogP contribution < -0.4 is 5.32 Å². The first-order valence-corrected chi connectivity index (χ1v) is 5.77. The van der Waals surface area contributed by atoms with E-state index in [9.17, 15) is 9.90 Å². The van der Waals surface area contributed by atoms with Gasteiger partial charge < -0.3 is 5.11 Å². The summed E-state index contributed by atoms with van der Waals surface area (Å²) in [5.41, 5.74) is 1.20. The van der Waals surface area contributed by atoms with Gasteiger partial charge in [0.2, 0.25) is 0 Å². The fourth-order valence-corrected chi connectivity index (χ4v) is 2.06. The molecule has 0 atom stereocenters. The number of rotatable bonds is 2. The van der Waals surface area contributed by atoms with Crippen LogP contribution in [0.1, 0.15) is 20.9 Å². The van der Waals surface area contributed by atoms with E-state index >= 15 is 0 Å². The lowest BCUT2D eigenvalue weighted by atomic mass is 10.2. The van der Waals surface area contributed by atoms with Crippen LogP contribution in [0.3, 0.4) is 0 Å². The lowest BCUT2D eigenvalue weighted by Gasteiger charge is -2.01. The van der Waals surface area contributed by atoms with E-state index in [-0.39, 0.29) is 11.7 Å². The van der Waals surface area contributed by atoms with Gasteiger partial charge in [-0.15, -0.1) is 11.3 Å². The van der Waals surface area contributed by atoms with Crippen LogP contribution in [0.5, 0.6) is 5.75 Å². The molecule has 0 radical (unpaired) electrons. The van der Waals surface area contributed by atoms with Crippen molar-refractivity contribution in [3.8, 4) is 5.75 Å². The zero-order valence-electron chi connectivity index (χ0n) is 9.39. The predicted octanol–water partition coefficient (Wildman–Crippen LogP) is 2.11. The van der Waals surface area contributed by atoms with Crippen LogP contribution in [0.4, 0.5) is 5.13 Å². The van der Waals surface area contributed by atoms with E-state index in [0.717, 1.165) is 10.6 Å². The van der Waals surface area contributed by atoms with Crippen molar-refractivity contribution in [3.05, 3.63) is 34.6 Å². The standard InChI is InChI=1S/C11H11N3O2S/c1-6-7(2)17-11(13-6)14-10(16)8-3-9(15)5-12-4-8/h3-5,15H,1-2H3,(H,13,14,16). The summed E-state index contributed by atoms with van der Waals surface area (Å²) in [4.78, 5) is 20.8. The molecule has 0 fully saturated rings. The lowest BCUT2D eigenvalue weighted by Crippen LogP contribution is -2.11. The summed E-state index contributed by atoms with van der Waals surface area (Å²) in [5.74, 6) is -0.369. The number of aryl methyl sites for hydroxylation is 2. The van der Waals surface area contributed by atoms with Gasteiger partial charge in [-0.1, -0.05) is 0 Å². The molecule has 0 aliphatic heterocycles. The molecule has 2 N–H and O–H groups in total. The molecule has 88 valence electrons. The van der Waals surface area contributed by atoms with Crippen molar-refractivity contribution in [1.29, 1.82) is 0 Å². The Morgan fingerprint density at radius 3 is 2.76 bits per heavy atom. The average molecular weight is 249 g/mol. The van der Waals surface area contributed by atoms with Crippen molar-refractivity contribution in [2.75, 3.05) is 5.32 Å². The highest BCUT2D eigenvalue weighted by atomic mass is 32.1. The number of aromatic hydroxyl groups is 1. The van der Waals surface area contributed by atoms with Crippen LogP contribution in [0.15, 0.2) is 18.5 Å². The van der Waals surface area contributed by atoms with Crippen molar-refractivity contribution >= 4 is 22.4 Å². The number of thiazole rings is 1. The van der Waals surface area contributed by atoms with Crippen LogP contribution in [-0.4, -0.2) is 21.0 Å². The lowest BCUT2D eigenvalue weighted by molar-refractivity contribution is 0.102. The summed E-state index contributed by atoms with van der Waals surface area (Å²) in [5, 5.41) is 12.4. The van der Waals surface area contributed by atoms with Gasteiger partial charge in [-0.2, -0.15) is 0 Å². The van der Waals surface area contributed by atoms with E-state index in [1.54, 1.807) is 0 Å². The summed E-state index contributed by atoms with van der Waals surface area (Å²) >= 11 is 1.42. The minimum atomic E-state index is -0.331. The number of amides is 1. The number of pyridine rings is 1.